The molecule has 0 aromatic rings. The highest BCUT2D eigenvalue weighted by Gasteiger charge is 1.92. The maximum absolute atomic E-state index is 10.3. The zero-order valence-corrected chi connectivity index (χ0v) is 8.02. The van der Waals surface area contributed by atoms with E-state index in [0.717, 1.165) is 27.8 Å². The number of hydrogen-bond acceptors (Lipinski definition) is 2. The van der Waals surface area contributed by atoms with Crippen molar-refractivity contribution >= 4 is 14.5 Å². The Kier molecular flexibility index (Phi) is 7.86. The van der Waals surface area contributed by atoms with Crippen LogP contribution in [0.1, 0.15) is 13.3 Å². The van der Waals surface area contributed by atoms with Crippen LogP contribution >= 0.6 is 8.58 Å². The fraction of sp³-hybridized carbons (Fsp3) is 0.857. The van der Waals surface area contributed by atoms with Crippen molar-refractivity contribution in [1.29, 1.82) is 0 Å². The number of nitrogens with two attached hydrogens (primary N) is 1. The quantitative estimate of drug-likeness (QED) is 0.428. The van der Waals surface area contributed by atoms with Crippen molar-refractivity contribution in [2.75, 3.05) is 25.4 Å². The van der Waals surface area contributed by atoms with E-state index in [0.29, 0.717) is 6.42 Å². The number of rotatable bonds is 7. The molecule has 0 rings (SSSR count). The minimum Gasteiger partial charge on any atom is -0.370 e. The molecule has 66 valence electrons. The highest BCUT2D eigenvalue weighted by Crippen LogP contribution is 2.08. The lowest BCUT2D eigenvalue weighted by Gasteiger charge is -2.00. The number of primary amides is 1. The highest BCUT2D eigenvalue weighted by atomic mass is 31.1. The lowest BCUT2D eigenvalue weighted by atomic mass is 10.5. The largest absolute Gasteiger partial charge is 0.370 e. The Balaban J connectivity index is 2.85. The molecule has 3 nitrogen and oxygen atoms in total. The summed E-state index contributed by atoms with van der Waals surface area (Å²) < 4.78 is 0. The summed E-state index contributed by atoms with van der Waals surface area (Å²) in [5.41, 5.74) is 4.98. The van der Waals surface area contributed by atoms with E-state index in [2.05, 4.69) is 12.2 Å². The zero-order chi connectivity index (χ0) is 8.53. The van der Waals surface area contributed by atoms with Gasteiger partial charge in [0.1, 0.15) is 0 Å². The Morgan fingerprint density at radius 2 is 2.27 bits per heavy atom. The number of amides is 1. The molecule has 1 amide bonds. The van der Waals surface area contributed by atoms with Crippen molar-refractivity contribution in [3.8, 4) is 0 Å². The Morgan fingerprint density at radius 3 is 2.82 bits per heavy atom. The van der Waals surface area contributed by atoms with Gasteiger partial charge in [0.2, 0.25) is 5.91 Å². The predicted octanol–water partition coefficient (Wildman–Crippen LogP) is 0.150. The molecule has 0 spiro atoms. The Morgan fingerprint density at radius 1 is 1.55 bits per heavy atom. The third kappa shape index (κ3) is 9.86. The maximum Gasteiger partial charge on any atom is 0.217 e. The summed E-state index contributed by atoms with van der Waals surface area (Å²) in [5, 5.41) is 3.23. The fourth-order valence-electron chi connectivity index (χ4n) is 0.690. The van der Waals surface area contributed by atoms with Gasteiger partial charge in [-0.2, -0.15) is 0 Å². The van der Waals surface area contributed by atoms with Crippen molar-refractivity contribution in [1.82, 2.24) is 5.32 Å². The maximum atomic E-state index is 10.3. The van der Waals surface area contributed by atoms with Crippen molar-refractivity contribution < 1.29 is 4.79 Å². The van der Waals surface area contributed by atoms with E-state index in [1.807, 2.05) is 0 Å². The van der Waals surface area contributed by atoms with Gasteiger partial charge in [0, 0.05) is 6.42 Å². The second kappa shape index (κ2) is 7.96. The topological polar surface area (TPSA) is 55.1 Å². The van der Waals surface area contributed by atoms with E-state index < -0.39 is 0 Å². The van der Waals surface area contributed by atoms with Crippen LogP contribution < -0.4 is 11.1 Å². The number of carbonyl (C=O) groups is 1. The first-order valence-corrected chi connectivity index (χ1v) is 5.38. The van der Waals surface area contributed by atoms with Crippen molar-refractivity contribution in [2.45, 2.75) is 13.3 Å². The third-order valence-corrected chi connectivity index (χ3v) is 2.48. The van der Waals surface area contributed by atoms with Crippen LogP contribution in [0.15, 0.2) is 0 Å². The molecule has 4 heteroatoms. The molecule has 11 heavy (non-hydrogen) atoms. The van der Waals surface area contributed by atoms with Crippen molar-refractivity contribution in [3.05, 3.63) is 0 Å². The van der Waals surface area contributed by atoms with Gasteiger partial charge in [0.15, 0.2) is 0 Å². The van der Waals surface area contributed by atoms with Crippen LogP contribution in [0.25, 0.3) is 0 Å². The molecule has 0 aromatic heterocycles. The molecule has 0 aliphatic rings. The smallest absolute Gasteiger partial charge is 0.217 e. The summed E-state index contributed by atoms with van der Waals surface area (Å²) in [5.74, 6) is -0.180. The predicted molar refractivity (Wildman–Crippen MR) is 50.4 cm³/mol. The molecule has 0 saturated carbocycles. The van der Waals surface area contributed by atoms with Gasteiger partial charge in [-0.05, 0) is 25.4 Å². The molecule has 0 radical (unpaired) electrons. The molecule has 0 aliphatic carbocycles. The molecule has 0 fully saturated rings. The third-order valence-electron chi connectivity index (χ3n) is 1.28. The molecule has 0 aromatic carbocycles. The molecule has 3 N–H and O–H groups in total. The average Bonchev–Trinajstić information content (AvgIpc) is 1.96. The van der Waals surface area contributed by atoms with Crippen LogP contribution in [0.4, 0.5) is 0 Å². The van der Waals surface area contributed by atoms with E-state index in [-0.39, 0.29) is 5.91 Å². The highest BCUT2D eigenvalue weighted by molar-refractivity contribution is 7.38. The Hall–Kier alpha value is -0.140. The molecule has 1 unspecified atom stereocenters. The first-order valence-electron chi connectivity index (χ1n) is 3.97. The van der Waals surface area contributed by atoms with Gasteiger partial charge in [-0.25, -0.2) is 0 Å². The Bertz CT molecular complexity index is 109. The molecule has 0 heterocycles. The van der Waals surface area contributed by atoms with Crippen LogP contribution in [0.5, 0.6) is 0 Å². The lowest BCUT2D eigenvalue weighted by molar-refractivity contribution is -0.117. The van der Waals surface area contributed by atoms with E-state index in [9.17, 15) is 4.79 Å². The number of nitrogens with one attached hydrogen (secondary N) is 1. The molecule has 0 aliphatic heterocycles. The lowest BCUT2D eigenvalue weighted by Crippen LogP contribution is -2.16. The fourth-order valence-corrected chi connectivity index (χ4v) is 1.72. The summed E-state index contributed by atoms with van der Waals surface area (Å²) >= 11 is 0. The molecular formula is C7H17N2OP. The average molecular weight is 176 g/mol. The monoisotopic (exact) mass is 176 g/mol. The van der Waals surface area contributed by atoms with E-state index >= 15 is 0 Å². The molecule has 0 bridgehead atoms. The summed E-state index contributed by atoms with van der Waals surface area (Å²) in [6.07, 6.45) is 2.67. The van der Waals surface area contributed by atoms with E-state index in [1.54, 1.807) is 0 Å². The van der Waals surface area contributed by atoms with Crippen LogP contribution in [-0.2, 0) is 4.79 Å². The first-order chi connectivity index (χ1) is 5.27. The van der Waals surface area contributed by atoms with Gasteiger partial charge in [-0.15, -0.1) is 8.58 Å². The second-order valence-electron chi connectivity index (χ2n) is 2.32. The Labute approximate surface area is 69.9 Å². The zero-order valence-electron chi connectivity index (χ0n) is 7.02. The SMILES string of the molecule is CCNCCPCCC(N)=O. The van der Waals surface area contributed by atoms with Crippen LogP contribution in [0.3, 0.4) is 0 Å². The van der Waals surface area contributed by atoms with Gasteiger partial charge < -0.3 is 11.1 Å². The molecular weight excluding hydrogens is 159 g/mol. The van der Waals surface area contributed by atoms with E-state index in [1.165, 1.54) is 6.16 Å². The van der Waals surface area contributed by atoms with Crippen molar-refractivity contribution in [2.24, 2.45) is 5.73 Å². The number of carbonyl (C=O) groups excluding carboxylic acids is 1. The van der Waals surface area contributed by atoms with Crippen LogP contribution in [0, 0.1) is 0 Å². The molecule has 0 saturated heterocycles. The minimum atomic E-state index is -0.180. The second-order valence-corrected chi connectivity index (χ2v) is 3.82. The standard InChI is InChI=1S/C7H17N2OP/c1-2-9-4-6-11-5-3-7(8)10/h9,11H,2-6H2,1H3,(H2,8,10). The molecule has 1 atom stereocenters. The summed E-state index contributed by atoms with van der Waals surface area (Å²) in [6, 6.07) is 0. The van der Waals surface area contributed by atoms with Gasteiger partial charge in [0.25, 0.3) is 0 Å². The van der Waals surface area contributed by atoms with Crippen LogP contribution in [-0.4, -0.2) is 31.3 Å². The van der Waals surface area contributed by atoms with Gasteiger partial charge in [-0.1, -0.05) is 6.92 Å². The van der Waals surface area contributed by atoms with Crippen molar-refractivity contribution in [3.63, 3.8) is 0 Å². The summed E-state index contributed by atoms with van der Waals surface area (Å²) in [4.78, 5) is 10.3. The van der Waals surface area contributed by atoms with Gasteiger partial charge >= 0.3 is 0 Å². The van der Waals surface area contributed by atoms with Gasteiger partial charge in [0.05, 0.1) is 0 Å². The minimum absolute atomic E-state index is 0.180. The van der Waals surface area contributed by atoms with Crippen LogP contribution in [0.2, 0.25) is 0 Å². The summed E-state index contributed by atoms with van der Waals surface area (Å²) in [7, 11) is 0.872. The summed E-state index contributed by atoms with van der Waals surface area (Å²) in [6.45, 7) is 4.18. The first kappa shape index (κ1) is 10.9. The van der Waals surface area contributed by atoms with Gasteiger partial charge in [-0.3, -0.25) is 4.79 Å². The number of hydrogen-bond donors (Lipinski definition) is 2. The van der Waals surface area contributed by atoms with E-state index in [4.69, 9.17) is 5.73 Å². The normalized spacial score (nSPS) is 11.0.